The fourth-order valence-electron chi connectivity index (χ4n) is 3.70. The second-order valence-electron chi connectivity index (χ2n) is 7.28. The van der Waals surface area contributed by atoms with E-state index in [0.717, 1.165) is 51.5 Å². The molecule has 1 aliphatic carbocycles. The molecule has 1 aliphatic rings. The number of aryl methyl sites for hydroxylation is 1. The van der Waals surface area contributed by atoms with Crippen LogP contribution in [-0.4, -0.2) is 28.0 Å². The van der Waals surface area contributed by atoms with Gasteiger partial charge in [-0.25, -0.2) is 0 Å². The Kier molecular flexibility index (Phi) is 5.30. The van der Waals surface area contributed by atoms with E-state index in [2.05, 4.69) is 24.0 Å². The minimum atomic E-state index is 0. The van der Waals surface area contributed by atoms with E-state index in [-0.39, 0.29) is 37.1 Å². The Labute approximate surface area is 192 Å². The molecule has 0 saturated heterocycles. The normalized spacial score (nSPS) is 13.3. The summed E-state index contributed by atoms with van der Waals surface area (Å²) < 4.78 is 13.6. The van der Waals surface area contributed by atoms with E-state index in [1.54, 1.807) is 7.11 Å². The van der Waals surface area contributed by atoms with Crippen molar-refractivity contribution in [3.8, 4) is 17.6 Å². The molecule has 0 radical (unpaired) electrons. The molecule has 4 aromatic rings. The first-order chi connectivity index (χ1) is 13.7. The molecule has 0 unspecified atom stereocenters. The Hall–Kier alpha value is -2.46. The molecule has 7 heteroatoms. The summed E-state index contributed by atoms with van der Waals surface area (Å²) in [5.74, 6) is 1.44. The molecule has 1 N–H and O–H groups in total. The zero-order valence-electron chi connectivity index (χ0n) is 17.8. The van der Waals surface area contributed by atoms with Gasteiger partial charge >= 0.3 is 29.6 Å². The number of nitrogens with zero attached hydrogens (tertiary/aromatic N) is 3. The number of rotatable bonds is 5. The number of aromatic amines is 1. The molecule has 2 heterocycles. The van der Waals surface area contributed by atoms with E-state index >= 15 is 0 Å². The van der Waals surface area contributed by atoms with Crippen molar-refractivity contribution in [3.05, 3.63) is 53.3 Å². The first-order valence-electron chi connectivity index (χ1n) is 9.38. The molecule has 0 aliphatic heterocycles. The average Bonchev–Trinajstić information content (AvgIpc) is 3.21. The zero-order chi connectivity index (χ0) is 19.3. The predicted molar refractivity (Wildman–Crippen MR) is 108 cm³/mol. The van der Waals surface area contributed by atoms with E-state index in [1.165, 1.54) is 0 Å². The number of fused-ring (bicyclic) bond motifs is 2. The van der Waals surface area contributed by atoms with Crippen molar-refractivity contribution in [1.82, 2.24) is 14.8 Å². The minimum Gasteiger partial charge on any atom is -1.00 e. The predicted octanol–water partition coefficient (Wildman–Crippen LogP) is 1.41. The van der Waals surface area contributed by atoms with Crippen LogP contribution in [0.25, 0.3) is 21.8 Å². The first-order valence-corrected chi connectivity index (χ1v) is 9.38. The number of hydrogen-bond acceptors (Lipinski definition) is 4. The van der Waals surface area contributed by atoms with Gasteiger partial charge in [-0.1, -0.05) is 0 Å². The van der Waals surface area contributed by atoms with Crippen molar-refractivity contribution in [2.24, 2.45) is 0 Å². The number of hydrogen-bond donors (Lipinski definition) is 1. The van der Waals surface area contributed by atoms with Crippen LogP contribution in [0.4, 0.5) is 0 Å². The summed E-state index contributed by atoms with van der Waals surface area (Å²) in [6.07, 6.45) is 6.22. The van der Waals surface area contributed by atoms with Crippen molar-refractivity contribution in [3.63, 3.8) is 0 Å². The molecule has 0 atom stereocenters. The number of nitrogens with one attached hydrogen (secondary N) is 1. The summed E-state index contributed by atoms with van der Waals surface area (Å²) >= 11 is 0. The molecule has 0 amide bonds. The molecule has 5 rings (SSSR count). The largest absolute Gasteiger partial charge is 1.00 e. The maximum absolute atomic E-state index is 9.46. The van der Waals surface area contributed by atoms with Gasteiger partial charge in [0, 0.05) is 34.2 Å². The Morgan fingerprint density at radius 3 is 2.90 bits per heavy atom. The molecule has 2 aromatic heterocycles. The van der Waals surface area contributed by atoms with E-state index in [0.29, 0.717) is 17.9 Å². The van der Waals surface area contributed by atoms with Gasteiger partial charge in [-0.15, -0.1) is 0 Å². The molecule has 29 heavy (non-hydrogen) atoms. The van der Waals surface area contributed by atoms with E-state index < -0.39 is 0 Å². The standard InChI is InChI=1S/C22H20N4O2.Na.H/c1-13-9-19(27-2)18(17-7-8-24-20(13)17)12-26-11-15-4-3-14(10-23)22(21(15)25-26)28-16-5-6-16;;/h3-4,7-9,11,16,24H,5-6,12H2,1-2H3;;/q;+1;-1. The van der Waals surface area contributed by atoms with Gasteiger partial charge in [-0.2, -0.15) is 10.4 Å². The van der Waals surface area contributed by atoms with Crippen molar-refractivity contribution < 1.29 is 40.5 Å². The topological polar surface area (TPSA) is 75.9 Å². The molecule has 142 valence electrons. The molecule has 2 aromatic carbocycles. The quantitative estimate of drug-likeness (QED) is 0.518. The van der Waals surface area contributed by atoms with Crippen LogP contribution in [0.15, 0.2) is 36.7 Å². The van der Waals surface area contributed by atoms with Crippen LogP contribution in [0.2, 0.25) is 0 Å². The number of aromatic nitrogens is 3. The van der Waals surface area contributed by atoms with Crippen molar-refractivity contribution in [2.45, 2.75) is 32.4 Å². The van der Waals surface area contributed by atoms with E-state index in [1.807, 2.05) is 35.3 Å². The maximum Gasteiger partial charge on any atom is 1.00 e. The van der Waals surface area contributed by atoms with Gasteiger partial charge < -0.3 is 15.9 Å². The second-order valence-corrected chi connectivity index (χ2v) is 7.28. The number of benzene rings is 2. The van der Waals surface area contributed by atoms with Crippen LogP contribution in [0.1, 0.15) is 31.0 Å². The van der Waals surface area contributed by atoms with Crippen LogP contribution < -0.4 is 39.0 Å². The third-order valence-corrected chi connectivity index (χ3v) is 5.26. The molecule has 6 nitrogen and oxygen atoms in total. The number of H-pyrrole nitrogens is 1. The second kappa shape index (κ2) is 7.75. The third-order valence-electron chi connectivity index (χ3n) is 5.26. The van der Waals surface area contributed by atoms with Gasteiger partial charge in [0.15, 0.2) is 5.75 Å². The molecular formula is C22H21N4NaO2. The Balaban J connectivity index is 0.00000128. The van der Waals surface area contributed by atoms with Crippen molar-refractivity contribution >= 4 is 21.8 Å². The van der Waals surface area contributed by atoms with E-state index in [9.17, 15) is 5.26 Å². The zero-order valence-corrected chi connectivity index (χ0v) is 18.8. The van der Waals surface area contributed by atoms with Crippen molar-refractivity contribution in [1.29, 1.82) is 5.26 Å². The molecule has 0 spiro atoms. The van der Waals surface area contributed by atoms with Crippen LogP contribution in [0, 0.1) is 18.3 Å². The fourth-order valence-corrected chi connectivity index (χ4v) is 3.70. The van der Waals surface area contributed by atoms with Gasteiger partial charge in [-0.05, 0) is 49.6 Å². The Morgan fingerprint density at radius 1 is 1.34 bits per heavy atom. The van der Waals surface area contributed by atoms with Crippen LogP contribution in [0.3, 0.4) is 0 Å². The first kappa shape index (κ1) is 19.8. The van der Waals surface area contributed by atoms with Crippen LogP contribution in [-0.2, 0) is 6.54 Å². The van der Waals surface area contributed by atoms with Gasteiger partial charge in [0.25, 0.3) is 0 Å². The van der Waals surface area contributed by atoms with E-state index in [4.69, 9.17) is 14.6 Å². The van der Waals surface area contributed by atoms with Gasteiger partial charge in [0.1, 0.15) is 17.3 Å². The molecule has 1 saturated carbocycles. The summed E-state index contributed by atoms with van der Waals surface area (Å²) in [5, 5.41) is 16.3. The summed E-state index contributed by atoms with van der Waals surface area (Å²) in [5.41, 5.74) is 4.59. The Bertz CT molecular complexity index is 1250. The molecular weight excluding hydrogens is 375 g/mol. The van der Waals surface area contributed by atoms with Crippen molar-refractivity contribution in [2.75, 3.05) is 7.11 Å². The minimum absolute atomic E-state index is 0. The number of ether oxygens (including phenoxy) is 2. The fraction of sp³-hybridized carbons (Fsp3) is 0.273. The molecule has 1 fully saturated rings. The van der Waals surface area contributed by atoms with Gasteiger partial charge in [0.05, 0.1) is 25.3 Å². The molecule has 0 bridgehead atoms. The summed E-state index contributed by atoms with van der Waals surface area (Å²) in [6, 6.07) is 10.1. The van der Waals surface area contributed by atoms with Gasteiger partial charge in [0.2, 0.25) is 0 Å². The number of methoxy groups -OCH3 is 1. The summed E-state index contributed by atoms with van der Waals surface area (Å²) in [7, 11) is 1.69. The van der Waals surface area contributed by atoms with Crippen LogP contribution in [0.5, 0.6) is 11.5 Å². The SMILES string of the molecule is COc1cc(C)c2[nH]ccc2c1Cn1cc2ccc(C#N)c(OC3CC3)c2n1.[H-].[Na+]. The summed E-state index contributed by atoms with van der Waals surface area (Å²) in [6.45, 7) is 2.63. The Morgan fingerprint density at radius 2 is 2.17 bits per heavy atom. The smallest absolute Gasteiger partial charge is 1.00 e. The average molecular weight is 396 g/mol. The monoisotopic (exact) mass is 396 g/mol. The number of nitriles is 1. The third kappa shape index (κ3) is 3.51. The van der Waals surface area contributed by atoms with Gasteiger partial charge in [-0.3, -0.25) is 4.68 Å². The summed E-state index contributed by atoms with van der Waals surface area (Å²) in [4.78, 5) is 3.30. The maximum atomic E-state index is 9.46. The van der Waals surface area contributed by atoms with Crippen LogP contribution >= 0.6 is 0 Å².